The number of carbonyl (C=O) groups excluding carboxylic acids is 1. The van der Waals surface area contributed by atoms with Crippen LogP contribution in [0, 0.1) is 11.8 Å². The fourth-order valence-corrected chi connectivity index (χ4v) is 3.22. The number of nitrogens with one attached hydrogen (secondary N) is 2. The number of benzene rings is 1. The van der Waals surface area contributed by atoms with E-state index in [4.69, 9.17) is 16.3 Å². The number of hydrogen-bond acceptors (Lipinski definition) is 3. The SMILES string of the molecule is COc1cccc(Cl)c1CNC(=O)CC(C)C1CCCNC1. The Bertz CT molecular complexity index is 501. The third-order valence-corrected chi connectivity index (χ3v) is 4.76. The summed E-state index contributed by atoms with van der Waals surface area (Å²) in [5.41, 5.74) is 0.826. The summed E-state index contributed by atoms with van der Waals surface area (Å²) in [7, 11) is 1.61. The summed E-state index contributed by atoms with van der Waals surface area (Å²) in [4.78, 5) is 12.2. The third-order valence-electron chi connectivity index (χ3n) is 4.41. The van der Waals surface area contributed by atoms with Crippen molar-refractivity contribution in [2.45, 2.75) is 32.7 Å². The average Bonchev–Trinajstić information content (AvgIpc) is 2.54. The van der Waals surface area contributed by atoms with Crippen molar-refractivity contribution in [3.8, 4) is 5.75 Å². The maximum atomic E-state index is 12.2. The number of amides is 1. The molecule has 1 fully saturated rings. The normalized spacial score (nSPS) is 19.5. The number of carbonyl (C=O) groups is 1. The van der Waals surface area contributed by atoms with E-state index in [1.54, 1.807) is 7.11 Å². The minimum atomic E-state index is 0.0695. The highest BCUT2D eigenvalue weighted by Crippen LogP contribution is 2.26. The highest BCUT2D eigenvalue weighted by atomic mass is 35.5. The van der Waals surface area contributed by atoms with Gasteiger partial charge in [-0.3, -0.25) is 4.79 Å². The molecule has 22 heavy (non-hydrogen) atoms. The standard InChI is InChI=1S/C17H25ClN2O2/c1-12(13-5-4-8-19-10-13)9-17(21)20-11-14-15(18)6-3-7-16(14)22-2/h3,6-7,12-13,19H,4-5,8-11H2,1-2H3,(H,20,21). The van der Waals surface area contributed by atoms with Crippen LogP contribution < -0.4 is 15.4 Å². The first-order valence-corrected chi connectivity index (χ1v) is 8.28. The molecule has 0 spiro atoms. The van der Waals surface area contributed by atoms with Gasteiger partial charge < -0.3 is 15.4 Å². The van der Waals surface area contributed by atoms with Crippen molar-refractivity contribution in [1.82, 2.24) is 10.6 Å². The summed E-state index contributed by atoms with van der Waals surface area (Å²) in [6, 6.07) is 5.50. The molecule has 1 aliphatic rings. The average molecular weight is 325 g/mol. The summed E-state index contributed by atoms with van der Waals surface area (Å²) < 4.78 is 5.29. The van der Waals surface area contributed by atoms with Crippen LogP contribution in [0.1, 0.15) is 31.7 Å². The van der Waals surface area contributed by atoms with Gasteiger partial charge in [-0.05, 0) is 49.9 Å². The molecule has 2 N–H and O–H groups in total. The number of methoxy groups -OCH3 is 1. The summed E-state index contributed by atoms with van der Waals surface area (Å²) in [6.07, 6.45) is 2.96. The second-order valence-electron chi connectivity index (χ2n) is 5.99. The van der Waals surface area contributed by atoms with Crippen LogP contribution in [-0.4, -0.2) is 26.1 Å². The molecule has 1 aromatic rings. The van der Waals surface area contributed by atoms with Crippen LogP contribution in [0.2, 0.25) is 5.02 Å². The van der Waals surface area contributed by atoms with Crippen LogP contribution in [0.25, 0.3) is 0 Å². The summed E-state index contributed by atoms with van der Waals surface area (Å²) in [5.74, 6) is 1.76. The Morgan fingerprint density at radius 1 is 1.55 bits per heavy atom. The Balaban J connectivity index is 1.85. The molecule has 1 amide bonds. The fourth-order valence-electron chi connectivity index (χ4n) is 2.98. The zero-order chi connectivity index (χ0) is 15.9. The van der Waals surface area contributed by atoms with E-state index >= 15 is 0 Å². The molecule has 1 saturated heterocycles. The van der Waals surface area contributed by atoms with Crippen molar-refractivity contribution in [2.24, 2.45) is 11.8 Å². The van der Waals surface area contributed by atoms with E-state index in [-0.39, 0.29) is 5.91 Å². The van der Waals surface area contributed by atoms with E-state index in [1.807, 2.05) is 18.2 Å². The fraction of sp³-hybridized carbons (Fsp3) is 0.588. The molecule has 4 nitrogen and oxygen atoms in total. The highest BCUT2D eigenvalue weighted by molar-refractivity contribution is 6.31. The smallest absolute Gasteiger partial charge is 0.220 e. The highest BCUT2D eigenvalue weighted by Gasteiger charge is 2.22. The topological polar surface area (TPSA) is 50.4 Å². The van der Waals surface area contributed by atoms with Crippen LogP contribution >= 0.6 is 11.6 Å². The molecule has 0 saturated carbocycles. The molecule has 122 valence electrons. The van der Waals surface area contributed by atoms with Crippen LogP contribution in [0.4, 0.5) is 0 Å². The third kappa shape index (κ3) is 4.62. The first-order valence-electron chi connectivity index (χ1n) is 7.90. The van der Waals surface area contributed by atoms with E-state index in [2.05, 4.69) is 17.6 Å². The van der Waals surface area contributed by atoms with Crippen LogP contribution in [0.3, 0.4) is 0 Å². The lowest BCUT2D eigenvalue weighted by molar-refractivity contribution is -0.122. The first-order chi connectivity index (χ1) is 10.6. The summed E-state index contributed by atoms with van der Waals surface area (Å²) in [5, 5.41) is 6.98. The van der Waals surface area contributed by atoms with E-state index in [9.17, 15) is 4.79 Å². The lowest BCUT2D eigenvalue weighted by Crippen LogP contribution is -2.35. The van der Waals surface area contributed by atoms with Crippen LogP contribution in [-0.2, 0) is 11.3 Å². The van der Waals surface area contributed by atoms with Crippen molar-refractivity contribution >= 4 is 17.5 Å². The Kier molecular flexibility index (Phi) is 6.52. The van der Waals surface area contributed by atoms with Crippen molar-refractivity contribution in [3.05, 3.63) is 28.8 Å². The van der Waals surface area contributed by atoms with E-state index < -0.39 is 0 Å². The van der Waals surface area contributed by atoms with Crippen LogP contribution in [0.5, 0.6) is 5.75 Å². The number of halogens is 1. The minimum Gasteiger partial charge on any atom is -0.496 e. The zero-order valence-corrected chi connectivity index (χ0v) is 14.1. The summed E-state index contributed by atoms with van der Waals surface area (Å²) in [6.45, 7) is 4.68. The molecule has 0 radical (unpaired) electrons. The molecule has 2 unspecified atom stereocenters. The molecule has 0 aromatic heterocycles. The van der Waals surface area contributed by atoms with Gasteiger partial charge in [0.15, 0.2) is 0 Å². The molecule has 1 aromatic carbocycles. The number of ether oxygens (including phenoxy) is 1. The van der Waals surface area contributed by atoms with Crippen molar-refractivity contribution in [2.75, 3.05) is 20.2 Å². The van der Waals surface area contributed by atoms with Crippen LogP contribution in [0.15, 0.2) is 18.2 Å². The van der Waals surface area contributed by atoms with Gasteiger partial charge in [-0.25, -0.2) is 0 Å². The zero-order valence-electron chi connectivity index (χ0n) is 13.3. The molecule has 5 heteroatoms. The summed E-state index contributed by atoms with van der Waals surface area (Å²) >= 11 is 6.18. The molecular weight excluding hydrogens is 300 g/mol. The molecule has 0 bridgehead atoms. The number of piperidine rings is 1. The van der Waals surface area contributed by atoms with Gasteiger partial charge in [0, 0.05) is 23.6 Å². The van der Waals surface area contributed by atoms with E-state index in [1.165, 1.54) is 12.8 Å². The predicted molar refractivity (Wildman–Crippen MR) is 89.2 cm³/mol. The Labute approximate surface area is 137 Å². The van der Waals surface area contributed by atoms with Gasteiger partial charge >= 0.3 is 0 Å². The number of hydrogen-bond donors (Lipinski definition) is 2. The van der Waals surface area contributed by atoms with Gasteiger partial charge in [-0.1, -0.05) is 24.6 Å². The van der Waals surface area contributed by atoms with Gasteiger partial charge in [0.25, 0.3) is 0 Å². The second kappa shape index (κ2) is 8.39. The van der Waals surface area contributed by atoms with Crippen molar-refractivity contribution < 1.29 is 9.53 Å². The minimum absolute atomic E-state index is 0.0695. The van der Waals surface area contributed by atoms with Gasteiger partial charge in [0.05, 0.1) is 7.11 Å². The van der Waals surface area contributed by atoms with E-state index in [0.717, 1.165) is 18.7 Å². The Hall–Kier alpha value is -1.26. The quantitative estimate of drug-likeness (QED) is 0.845. The Morgan fingerprint density at radius 2 is 2.36 bits per heavy atom. The first kappa shape index (κ1) is 17.1. The maximum Gasteiger partial charge on any atom is 0.220 e. The molecule has 2 rings (SSSR count). The number of rotatable bonds is 6. The van der Waals surface area contributed by atoms with Gasteiger partial charge in [-0.15, -0.1) is 0 Å². The van der Waals surface area contributed by atoms with Crippen molar-refractivity contribution in [3.63, 3.8) is 0 Å². The second-order valence-corrected chi connectivity index (χ2v) is 6.39. The molecular formula is C17H25ClN2O2. The largest absolute Gasteiger partial charge is 0.496 e. The maximum absolute atomic E-state index is 12.2. The lowest BCUT2D eigenvalue weighted by atomic mass is 9.85. The predicted octanol–water partition coefficient (Wildman–Crippen LogP) is 2.99. The monoisotopic (exact) mass is 324 g/mol. The van der Waals surface area contributed by atoms with Crippen molar-refractivity contribution in [1.29, 1.82) is 0 Å². The molecule has 1 aliphatic heterocycles. The molecule has 2 atom stereocenters. The van der Waals surface area contributed by atoms with Gasteiger partial charge in [0.2, 0.25) is 5.91 Å². The molecule has 1 heterocycles. The lowest BCUT2D eigenvalue weighted by Gasteiger charge is -2.28. The van der Waals surface area contributed by atoms with E-state index in [0.29, 0.717) is 35.6 Å². The Morgan fingerprint density at radius 3 is 3.05 bits per heavy atom. The van der Waals surface area contributed by atoms with Gasteiger partial charge in [0.1, 0.15) is 5.75 Å². The van der Waals surface area contributed by atoms with Gasteiger partial charge in [-0.2, -0.15) is 0 Å². The molecule has 0 aliphatic carbocycles.